The predicted molar refractivity (Wildman–Crippen MR) is 61.6 cm³/mol. The predicted octanol–water partition coefficient (Wildman–Crippen LogP) is 0.550. The number of nitrogens with zero attached hydrogens (tertiary/aromatic N) is 1. The largest absolute Gasteiger partial charge is 0.481 e. The smallest absolute Gasteiger partial charge is 0.305 e. The van der Waals surface area contributed by atoms with E-state index in [0.717, 1.165) is 17.0 Å². The molecule has 0 saturated carbocycles. The molecular formula is C11H17N3O3. The zero-order valence-electron chi connectivity index (χ0n) is 10.0. The Balaban J connectivity index is 2.31. The molecule has 0 unspecified atom stereocenters. The summed E-state index contributed by atoms with van der Waals surface area (Å²) >= 11 is 0. The quantitative estimate of drug-likeness (QED) is 0.675. The van der Waals surface area contributed by atoms with Gasteiger partial charge in [0.2, 0.25) is 5.91 Å². The van der Waals surface area contributed by atoms with E-state index in [1.807, 2.05) is 13.8 Å². The number of aryl methyl sites for hydroxylation is 2. The summed E-state index contributed by atoms with van der Waals surface area (Å²) in [6, 6.07) is 0. The summed E-state index contributed by atoms with van der Waals surface area (Å²) in [5.74, 6) is -1.04. The molecule has 0 aliphatic rings. The van der Waals surface area contributed by atoms with Crippen LogP contribution in [-0.4, -0.2) is 33.7 Å². The summed E-state index contributed by atoms with van der Waals surface area (Å²) < 4.78 is 0. The standard InChI is InChI=1S/C11H17N3O3/c1-7-9(8(2)14-13-7)3-4-10(15)12-6-5-11(16)17/h3-6H2,1-2H3,(H,12,15)(H,13,14)(H,16,17). The average Bonchev–Trinajstić information content (AvgIpc) is 2.55. The molecule has 1 aromatic heterocycles. The Kier molecular flexibility index (Phi) is 4.68. The van der Waals surface area contributed by atoms with Gasteiger partial charge in [-0.2, -0.15) is 5.10 Å². The Morgan fingerprint density at radius 2 is 2.06 bits per heavy atom. The lowest BCUT2D eigenvalue weighted by Gasteiger charge is -2.03. The summed E-state index contributed by atoms with van der Waals surface area (Å²) in [5.41, 5.74) is 2.93. The van der Waals surface area contributed by atoms with E-state index in [1.165, 1.54) is 0 Å². The number of hydrogen-bond donors (Lipinski definition) is 3. The van der Waals surface area contributed by atoms with Crippen LogP contribution in [0.2, 0.25) is 0 Å². The molecular weight excluding hydrogens is 222 g/mol. The van der Waals surface area contributed by atoms with Gasteiger partial charge in [-0.1, -0.05) is 0 Å². The molecule has 0 aliphatic heterocycles. The topological polar surface area (TPSA) is 95.1 Å². The third-order valence-electron chi connectivity index (χ3n) is 2.54. The second kappa shape index (κ2) is 6.03. The van der Waals surface area contributed by atoms with Crippen LogP contribution >= 0.6 is 0 Å². The van der Waals surface area contributed by atoms with Crippen LogP contribution in [0.15, 0.2) is 0 Å². The summed E-state index contributed by atoms with van der Waals surface area (Å²) in [6.45, 7) is 3.98. The van der Waals surface area contributed by atoms with E-state index in [2.05, 4.69) is 15.5 Å². The van der Waals surface area contributed by atoms with Crippen molar-refractivity contribution in [1.82, 2.24) is 15.5 Å². The molecule has 1 amide bonds. The van der Waals surface area contributed by atoms with E-state index in [9.17, 15) is 9.59 Å². The lowest BCUT2D eigenvalue weighted by atomic mass is 10.1. The van der Waals surface area contributed by atoms with Gasteiger partial charge in [0, 0.05) is 18.7 Å². The summed E-state index contributed by atoms with van der Waals surface area (Å²) in [6.07, 6.45) is 0.920. The molecule has 1 aromatic rings. The second-order valence-electron chi connectivity index (χ2n) is 3.91. The van der Waals surface area contributed by atoms with Crippen molar-refractivity contribution in [2.45, 2.75) is 33.1 Å². The van der Waals surface area contributed by atoms with Crippen LogP contribution in [0, 0.1) is 13.8 Å². The van der Waals surface area contributed by atoms with E-state index in [0.29, 0.717) is 12.8 Å². The van der Waals surface area contributed by atoms with Crippen molar-refractivity contribution in [2.24, 2.45) is 0 Å². The number of carbonyl (C=O) groups is 2. The maximum absolute atomic E-state index is 11.4. The highest BCUT2D eigenvalue weighted by atomic mass is 16.4. The van der Waals surface area contributed by atoms with Crippen LogP contribution in [0.4, 0.5) is 0 Å². The summed E-state index contributed by atoms with van der Waals surface area (Å²) in [7, 11) is 0. The fourth-order valence-corrected chi connectivity index (χ4v) is 1.58. The Labute approximate surface area is 99.4 Å². The average molecular weight is 239 g/mol. The highest BCUT2D eigenvalue weighted by molar-refractivity contribution is 5.77. The number of carboxylic acids is 1. The molecule has 0 spiro atoms. The second-order valence-corrected chi connectivity index (χ2v) is 3.91. The highest BCUT2D eigenvalue weighted by Crippen LogP contribution is 2.11. The van der Waals surface area contributed by atoms with Gasteiger partial charge in [-0.15, -0.1) is 0 Å². The zero-order chi connectivity index (χ0) is 12.8. The van der Waals surface area contributed by atoms with Crippen LogP contribution in [-0.2, 0) is 16.0 Å². The van der Waals surface area contributed by atoms with Gasteiger partial charge in [-0.25, -0.2) is 0 Å². The van der Waals surface area contributed by atoms with Crippen molar-refractivity contribution in [2.75, 3.05) is 6.54 Å². The highest BCUT2D eigenvalue weighted by Gasteiger charge is 2.09. The van der Waals surface area contributed by atoms with Gasteiger partial charge in [0.1, 0.15) is 0 Å². The number of aliphatic carboxylic acids is 1. The van der Waals surface area contributed by atoms with Crippen LogP contribution in [0.3, 0.4) is 0 Å². The van der Waals surface area contributed by atoms with Crippen LogP contribution < -0.4 is 5.32 Å². The van der Waals surface area contributed by atoms with Gasteiger partial charge in [-0.3, -0.25) is 14.7 Å². The molecule has 0 radical (unpaired) electrons. The van der Waals surface area contributed by atoms with Gasteiger partial charge in [0.05, 0.1) is 12.1 Å². The Hall–Kier alpha value is -1.85. The molecule has 17 heavy (non-hydrogen) atoms. The van der Waals surface area contributed by atoms with E-state index in [1.54, 1.807) is 0 Å². The number of carbonyl (C=O) groups excluding carboxylic acids is 1. The Morgan fingerprint density at radius 1 is 1.35 bits per heavy atom. The molecule has 1 rings (SSSR count). The van der Waals surface area contributed by atoms with Crippen molar-refractivity contribution in [3.05, 3.63) is 17.0 Å². The molecule has 0 aliphatic carbocycles. The molecule has 3 N–H and O–H groups in total. The van der Waals surface area contributed by atoms with Gasteiger partial charge < -0.3 is 10.4 Å². The number of aromatic amines is 1. The number of aromatic nitrogens is 2. The van der Waals surface area contributed by atoms with Crippen molar-refractivity contribution in [1.29, 1.82) is 0 Å². The van der Waals surface area contributed by atoms with Crippen molar-refractivity contribution in [3.63, 3.8) is 0 Å². The molecule has 0 fully saturated rings. The van der Waals surface area contributed by atoms with Gasteiger partial charge >= 0.3 is 5.97 Å². The first-order valence-corrected chi connectivity index (χ1v) is 5.49. The Bertz CT molecular complexity index is 393. The minimum absolute atomic E-state index is 0.0461. The summed E-state index contributed by atoms with van der Waals surface area (Å²) in [4.78, 5) is 21.7. The maximum atomic E-state index is 11.4. The fraction of sp³-hybridized carbons (Fsp3) is 0.545. The minimum Gasteiger partial charge on any atom is -0.481 e. The first-order valence-electron chi connectivity index (χ1n) is 5.49. The zero-order valence-corrected chi connectivity index (χ0v) is 10.0. The number of carboxylic acid groups (broad SMARTS) is 1. The first kappa shape index (κ1) is 13.2. The molecule has 94 valence electrons. The third-order valence-corrected chi connectivity index (χ3v) is 2.54. The number of hydrogen-bond acceptors (Lipinski definition) is 3. The number of amides is 1. The van der Waals surface area contributed by atoms with E-state index in [-0.39, 0.29) is 18.9 Å². The molecule has 0 aromatic carbocycles. The van der Waals surface area contributed by atoms with Crippen molar-refractivity contribution >= 4 is 11.9 Å². The molecule has 6 nitrogen and oxygen atoms in total. The monoisotopic (exact) mass is 239 g/mol. The molecule has 0 atom stereocenters. The molecule has 6 heteroatoms. The number of rotatable bonds is 6. The van der Waals surface area contributed by atoms with Crippen molar-refractivity contribution in [3.8, 4) is 0 Å². The lowest BCUT2D eigenvalue weighted by Crippen LogP contribution is -2.26. The normalized spacial score (nSPS) is 10.2. The fourth-order valence-electron chi connectivity index (χ4n) is 1.58. The van der Waals surface area contributed by atoms with E-state index in [4.69, 9.17) is 5.11 Å². The number of nitrogens with one attached hydrogen (secondary N) is 2. The van der Waals surface area contributed by atoms with Crippen LogP contribution in [0.25, 0.3) is 0 Å². The van der Waals surface area contributed by atoms with E-state index < -0.39 is 5.97 Å². The lowest BCUT2D eigenvalue weighted by molar-refractivity contribution is -0.136. The van der Waals surface area contributed by atoms with Gasteiger partial charge in [0.25, 0.3) is 0 Å². The minimum atomic E-state index is -0.910. The SMILES string of the molecule is Cc1n[nH]c(C)c1CCC(=O)NCCC(=O)O. The van der Waals surface area contributed by atoms with Gasteiger partial charge in [-0.05, 0) is 25.8 Å². The van der Waals surface area contributed by atoms with Gasteiger partial charge in [0.15, 0.2) is 0 Å². The van der Waals surface area contributed by atoms with Crippen LogP contribution in [0.5, 0.6) is 0 Å². The van der Waals surface area contributed by atoms with Crippen LogP contribution in [0.1, 0.15) is 29.8 Å². The molecule has 1 heterocycles. The Morgan fingerprint density at radius 3 is 2.59 bits per heavy atom. The summed E-state index contributed by atoms with van der Waals surface area (Å²) in [5, 5.41) is 17.9. The number of H-pyrrole nitrogens is 1. The first-order chi connectivity index (χ1) is 8.00. The third kappa shape index (κ3) is 4.26. The van der Waals surface area contributed by atoms with Crippen molar-refractivity contribution < 1.29 is 14.7 Å². The van der Waals surface area contributed by atoms with E-state index >= 15 is 0 Å². The maximum Gasteiger partial charge on any atom is 0.305 e. The molecule has 0 bridgehead atoms. The molecule has 0 saturated heterocycles.